The highest BCUT2D eigenvalue weighted by atomic mass is 15.6. The van der Waals surface area contributed by atoms with Crippen molar-refractivity contribution in [2.75, 3.05) is 5.32 Å². The zero-order valence-electron chi connectivity index (χ0n) is 10.0. The van der Waals surface area contributed by atoms with E-state index in [1.807, 2.05) is 26.0 Å². The van der Waals surface area contributed by atoms with Gasteiger partial charge >= 0.3 is 0 Å². The van der Waals surface area contributed by atoms with Crippen molar-refractivity contribution >= 4 is 11.5 Å². The Kier molecular flexibility index (Phi) is 2.40. The highest BCUT2D eigenvalue weighted by molar-refractivity contribution is 5.43. The molecule has 0 saturated heterocycles. The summed E-state index contributed by atoms with van der Waals surface area (Å²) in [7, 11) is 0. The first-order valence-corrected chi connectivity index (χ1v) is 5.54. The summed E-state index contributed by atoms with van der Waals surface area (Å²) in [6.07, 6.45) is 0. The molecule has 0 fully saturated rings. The van der Waals surface area contributed by atoms with Gasteiger partial charge in [0.05, 0.1) is 5.69 Å². The lowest BCUT2D eigenvalue weighted by atomic mass is 10.2. The number of nitrogens with one attached hydrogen (secondary N) is 2. The van der Waals surface area contributed by atoms with E-state index in [0.29, 0.717) is 12.2 Å². The number of anilines is 1. The van der Waals surface area contributed by atoms with Gasteiger partial charge in [0.1, 0.15) is 5.82 Å². The van der Waals surface area contributed by atoms with Gasteiger partial charge in [-0.1, -0.05) is 0 Å². The summed E-state index contributed by atoms with van der Waals surface area (Å²) in [6.45, 7) is 4.63. The normalized spacial score (nSPS) is 11.0. The molecule has 3 rings (SSSR count). The number of aryl methyl sites for hydroxylation is 2. The zero-order chi connectivity index (χ0) is 12.5. The van der Waals surface area contributed by atoms with Crippen LogP contribution in [0.15, 0.2) is 12.1 Å². The predicted molar refractivity (Wildman–Crippen MR) is 64.0 cm³/mol. The smallest absolute Gasteiger partial charge is 0.200 e. The number of aromatic nitrogens is 7. The fourth-order valence-electron chi connectivity index (χ4n) is 1.76. The van der Waals surface area contributed by atoms with Gasteiger partial charge < -0.3 is 5.32 Å². The summed E-state index contributed by atoms with van der Waals surface area (Å²) >= 11 is 0. The molecule has 0 bridgehead atoms. The van der Waals surface area contributed by atoms with Crippen LogP contribution in [0.25, 0.3) is 5.65 Å². The lowest BCUT2D eigenvalue weighted by Crippen LogP contribution is -2.05. The van der Waals surface area contributed by atoms with Crippen LogP contribution in [0.5, 0.6) is 0 Å². The molecule has 92 valence electrons. The van der Waals surface area contributed by atoms with E-state index in [1.54, 1.807) is 0 Å². The monoisotopic (exact) mass is 244 g/mol. The maximum absolute atomic E-state index is 4.23. The van der Waals surface area contributed by atoms with Gasteiger partial charge in [0.15, 0.2) is 5.65 Å². The van der Waals surface area contributed by atoms with Crippen LogP contribution in [0.4, 0.5) is 5.82 Å². The summed E-state index contributed by atoms with van der Waals surface area (Å²) in [4.78, 5) is 0. The Labute approximate surface area is 102 Å². The van der Waals surface area contributed by atoms with Crippen molar-refractivity contribution in [2.24, 2.45) is 0 Å². The predicted octanol–water partition coefficient (Wildman–Crippen LogP) is 0.471. The maximum atomic E-state index is 4.23. The average molecular weight is 244 g/mol. The molecule has 0 spiro atoms. The summed E-state index contributed by atoms with van der Waals surface area (Å²) < 4.78 is 1.39. The summed E-state index contributed by atoms with van der Waals surface area (Å²) in [6, 6.07) is 3.65. The van der Waals surface area contributed by atoms with Crippen LogP contribution >= 0.6 is 0 Å². The Morgan fingerprint density at radius 3 is 3.00 bits per heavy atom. The van der Waals surface area contributed by atoms with E-state index in [4.69, 9.17) is 0 Å². The second kappa shape index (κ2) is 4.06. The maximum Gasteiger partial charge on any atom is 0.200 e. The van der Waals surface area contributed by atoms with Gasteiger partial charge in [-0.15, -0.1) is 14.8 Å². The molecular weight excluding hydrogens is 232 g/mol. The molecule has 3 aromatic heterocycles. The molecule has 0 radical (unpaired) electrons. The van der Waals surface area contributed by atoms with E-state index >= 15 is 0 Å². The molecule has 0 aliphatic heterocycles. The molecule has 0 aliphatic rings. The van der Waals surface area contributed by atoms with Crippen molar-refractivity contribution in [3.05, 3.63) is 29.1 Å². The number of tetrazole rings is 1. The van der Waals surface area contributed by atoms with Crippen LogP contribution in [0, 0.1) is 13.8 Å². The van der Waals surface area contributed by atoms with Gasteiger partial charge in [-0.2, -0.15) is 5.10 Å². The van der Waals surface area contributed by atoms with Crippen LogP contribution in [-0.4, -0.2) is 35.5 Å². The molecule has 3 heterocycles. The van der Waals surface area contributed by atoms with Crippen LogP contribution < -0.4 is 5.32 Å². The van der Waals surface area contributed by atoms with Gasteiger partial charge in [0.2, 0.25) is 0 Å². The quantitative estimate of drug-likeness (QED) is 0.695. The number of aromatic amines is 1. The second-order valence-corrected chi connectivity index (χ2v) is 4.01. The second-order valence-electron chi connectivity index (χ2n) is 4.01. The molecule has 8 heteroatoms. The lowest BCUT2D eigenvalue weighted by Gasteiger charge is -2.05. The Balaban J connectivity index is 1.80. The van der Waals surface area contributed by atoms with E-state index in [-0.39, 0.29) is 0 Å². The fourth-order valence-corrected chi connectivity index (χ4v) is 1.76. The van der Waals surface area contributed by atoms with Gasteiger partial charge in [0.25, 0.3) is 0 Å². The van der Waals surface area contributed by atoms with E-state index in [9.17, 15) is 0 Å². The highest BCUT2D eigenvalue weighted by Crippen LogP contribution is 2.11. The van der Waals surface area contributed by atoms with Gasteiger partial charge in [-0.3, -0.25) is 5.10 Å². The minimum Gasteiger partial charge on any atom is -0.364 e. The number of nitrogens with zero attached hydrogens (tertiary/aromatic N) is 6. The van der Waals surface area contributed by atoms with Crippen LogP contribution in [0.2, 0.25) is 0 Å². The molecule has 0 aliphatic carbocycles. The molecule has 0 saturated carbocycles. The molecule has 8 nitrogen and oxygen atoms in total. The molecule has 18 heavy (non-hydrogen) atoms. The number of H-pyrrole nitrogens is 1. The molecule has 0 atom stereocenters. The lowest BCUT2D eigenvalue weighted by molar-refractivity contribution is 0.734. The Morgan fingerprint density at radius 1 is 1.33 bits per heavy atom. The van der Waals surface area contributed by atoms with Gasteiger partial charge in [-0.05, 0) is 36.4 Å². The first kappa shape index (κ1) is 10.6. The number of rotatable bonds is 3. The Hall–Kier alpha value is -2.51. The SMILES string of the molecule is Cc1n[nH]c(C)c1CNc1ccc2nnnn2n1. The van der Waals surface area contributed by atoms with Crippen LogP contribution in [0.1, 0.15) is 17.0 Å². The van der Waals surface area contributed by atoms with Crippen molar-refractivity contribution < 1.29 is 0 Å². The summed E-state index contributed by atoms with van der Waals surface area (Å²) in [5.74, 6) is 0.717. The van der Waals surface area contributed by atoms with Crippen molar-refractivity contribution in [3.8, 4) is 0 Å². The third-order valence-corrected chi connectivity index (χ3v) is 2.80. The van der Waals surface area contributed by atoms with E-state index in [2.05, 4.69) is 36.1 Å². The van der Waals surface area contributed by atoms with E-state index in [1.165, 1.54) is 4.63 Å². The van der Waals surface area contributed by atoms with Crippen molar-refractivity contribution in [1.82, 2.24) is 35.5 Å². The standard InChI is InChI=1S/C10H12N8/c1-6-8(7(2)13-12-6)5-11-9-3-4-10-14-16-17-18(10)15-9/h3-4H,5H2,1-2H3,(H,11,15)(H,12,13). The van der Waals surface area contributed by atoms with Crippen LogP contribution in [0.3, 0.4) is 0 Å². The first-order chi connectivity index (χ1) is 8.74. The Bertz CT molecular complexity index is 663. The molecule has 0 unspecified atom stereocenters. The Morgan fingerprint density at radius 2 is 2.22 bits per heavy atom. The number of fused-ring (bicyclic) bond motifs is 1. The zero-order valence-corrected chi connectivity index (χ0v) is 10.0. The topological polar surface area (TPSA) is 96.7 Å². The minimum atomic E-state index is 0.622. The number of hydrogen-bond donors (Lipinski definition) is 2. The first-order valence-electron chi connectivity index (χ1n) is 5.54. The largest absolute Gasteiger partial charge is 0.364 e. The summed E-state index contributed by atoms with van der Waals surface area (Å²) in [5.41, 5.74) is 3.82. The molecule has 2 N–H and O–H groups in total. The minimum absolute atomic E-state index is 0.622. The third kappa shape index (κ3) is 1.77. The third-order valence-electron chi connectivity index (χ3n) is 2.80. The van der Waals surface area contributed by atoms with E-state index < -0.39 is 0 Å². The number of hydrogen-bond acceptors (Lipinski definition) is 6. The van der Waals surface area contributed by atoms with Crippen molar-refractivity contribution in [2.45, 2.75) is 20.4 Å². The van der Waals surface area contributed by atoms with Crippen molar-refractivity contribution in [1.29, 1.82) is 0 Å². The van der Waals surface area contributed by atoms with Gasteiger partial charge in [-0.25, -0.2) is 0 Å². The molecule has 0 amide bonds. The van der Waals surface area contributed by atoms with Crippen molar-refractivity contribution in [3.63, 3.8) is 0 Å². The van der Waals surface area contributed by atoms with Gasteiger partial charge in [0, 0.05) is 17.8 Å². The summed E-state index contributed by atoms with van der Waals surface area (Å²) in [5, 5.41) is 25.6. The van der Waals surface area contributed by atoms with E-state index in [0.717, 1.165) is 22.8 Å². The van der Waals surface area contributed by atoms with Crippen LogP contribution in [-0.2, 0) is 6.54 Å². The molecular formula is C10H12N8. The average Bonchev–Trinajstić information content (AvgIpc) is 2.94. The highest BCUT2D eigenvalue weighted by Gasteiger charge is 2.06. The molecule has 0 aromatic carbocycles. The fraction of sp³-hybridized carbons (Fsp3) is 0.300. The molecule has 3 aromatic rings.